The van der Waals surface area contributed by atoms with Gasteiger partial charge < -0.3 is 16.0 Å². The van der Waals surface area contributed by atoms with Crippen LogP contribution >= 0.6 is 35.6 Å². The Kier molecular flexibility index (Phi) is 9.53. The molecule has 1 aromatic carbocycles. The number of halogens is 2. The molecule has 0 heterocycles. The maximum atomic E-state index is 11.8. The lowest BCUT2D eigenvalue weighted by Crippen LogP contribution is -2.47. The minimum Gasteiger partial charge on any atom is -0.359 e. The first kappa shape index (κ1) is 22.0. The van der Waals surface area contributed by atoms with Gasteiger partial charge in [-0.25, -0.2) is 0 Å². The third kappa shape index (κ3) is 6.95. The van der Waals surface area contributed by atoms with Crippen molar-refractivity contribution in [2.45, 2.75) is 26.8 Å². The largest absolute Gasteiger partial charge is 0.359 e. The summed E-state index contributed by atoms with van der Waals surface area (Å²) in [6.07, 6.45) is 0. The smallest absolute Gasteiger partial charge is 0.227 e. The Morgan fingerprint density at radius 1 is 1.30 bits per heavy atom. The lowest BCUT2D eigenvalue weighted by atomic mass is 9.92. The van der Waals surface area contributed by atoms with Crippen LogP contribution in [0.1, 0.15) is 32.4 Å². The highest BCUT2D eigenvalue weighted by Gasteiger charge is 2.26. The zero-order valence-corrected chi connectivity index (χ0v) is 17.3. The van der Waals surface area contributed by atoms with E-state index >= 15 is 0 Å². The molecule has 5 nitrogen and oxygen atoms in total. The number of amides is 1. The van der Waals surface area contributed by atoms with E-state index in [-0.39, 0.29) is 35.9 Å². The first-order valence-electron chi connectivity index (χ1n) is 7.25. The van der Waals surface area contributed by atoms with Crippen molar-refractivity contribution in [3.63, 3.8) is 0 Å². The van der Waals surface area contributed by atoms with Gasteiger partial charge in [0.25, 0.3) is 0 Å². The van der Waals surface area contributed by atoms with Gasteiger partial charge in [-0.2, -0.15) is 0 Å². The fourth-order valence-corrected chi connectivity index (χ4v) is 2.08. The Bertz CT molecular complexity index is 531. The summed E-state index contributed by atoms with van der Waals surface area (Å²) in [5.41, 5.74) is 0.591. The van der Waals surface area contributed by atoms with Gasteiger partial charge in [0.05, 0.1) is 11.5 Å². The van der Waals surface area contributed by atoms with E-state index in [1.54, 1.807) is 14.1 Å². The summed E-state index contributed by atoms with van der Waals surface area (Å²) >= 11 is 5.90. The molecule has 3 N–H and O–H groups in total. The highest BCUT2D eigenvalue weighted by molar-refractivity contribution is 14.0. The molecule has 23 heavy (non-hydrogen) atoms. The molecule has 1 rings (SSSR count). The van der Waals surface area contributed by atoms with Crippen LogP contribution in [0.2, 0.25) is 5.02 Å². The lowest BCUT2D eigenvalue weighted by molar-refractivity contribution is -0.128. The van der Waals surface area contributed by atoms with E-state index in [1.165, 1.54) is 0 Å². The van der Waals surface area contributed by atoms with Gasteiger partial charge in [-0.3, -0.25) is 9.79 Å². The SMILES string of the molecule is CN=C(NCC(C)(C)C(=O)NC)NC(C)c1ccc(Cl)cc1.I. The van der Waals surface area contributed by atoms with E-state index in [1.807, 2.05) is 45.0 Å². The summed E-state index contributed by atoms with van der Waals surface area (Å²) in [4.78, 5) is 16.0. The average molecular weight is 453 g/mol. The van der Waals surface area contributed by atoms with Crippen LogP contribution < -0.4 is 16.0 Å². The monoisotopic (exact) mass is 452 g/mol. The van der Waals surface area contributed by atoms with Crippen LogP contribution in [0.15, 0.2) is 29.3 Å². The van der Waals surface area contributed by atoms with Crippen LogP contribution in [-0.2, 0) is 4.79 Å². The number of hydrogen-bond donors (Lipinski definition) is 3. The van der Waals surface area contributed by atoms with Gasteiger partial charge >= 0.3 is 0 Å². The summed E-state index contributed by atoms with van der Waals surface area (Å²) in [6, 6.07) is 7.75. The molecule has 7 heteroatoms. The minimum absolute atomic E-state index is 0. The van der Waals surface area contributed by atoms with E-state index in [4.69, 9.17) is 11.6 Å². The summed E-state index contributed by atoms with van der Waals surface area (Å²) in [5, 5.41) is 9.87. The molecular weight excluding hydrogens is 427 g/mol. The Morgan fingerprint density at radius 2 is 1.87 bits per heavy atom. The molecule has 0 aliphatic rings. The van der Waals surface area contributed by atoms with E-state index in [0.717, 1.165) is 5.56 Å². The summed E-state index contributed by atoms with van der Waals surface area (Å²) < 4.78 is 0. The van der Waals surface area contributed by atoms with Crippen molar-refractivity contribution in [1.82, 2.24) is 16.0 Å². The maximum Gasteiger partial charge on any atom is 0.227 e. The maximum absolute atomic E-state index is 11.8. The Hall–Kier alpha value is -1.02. The molecule has 130 valence electrons. The third-order valence-corrected chi connectivity index (χ3v) is 3.74. The molecule has 0 saturated carbocycles. The minimum atomic E-state index is -0.518. The van der Waals surface area contributed by atoms with Crippen molar-refractivity contribution < 1.29 is 4.79 Å². The highest BCUT2D eigenvalue weighted by atomic mass is 127. The summed E-state index contributed by atoms with van der Waals surface area (Å²) in [5.74, 6) is 0.639. The van der Waals surface area contributed by atoms with Crippen LogP contribution in [0.5, 0.6) is 0 Å². The third-order valence-electron chi connectivity index (χ3n) is 3.49. The normalized spacial score (nSPS) is 12.9. The van der Waals surface area contributed by atoms with Crippen LogP contribution in [0.4, 0.5) is 0 Å². The fourth-order valence-electron chi connectivity index (χ4n) is 1.96. The van der Waals surface area contributed by atoms with Gasteiger partial charge in [-0.05, 0) is 38.5 Å². The topological polar surface area (TPSA) is 65.5 Å². The van der Waals surface area contributed by atoms with Crippen molar-refractivity contribution >= 4 is 47.4 Å². The summed E-state index contributed by atoms with van der Waals surface area (Å²) in [7, 11) is 3.34. The van der Waals surface area contributed by atoms with Crippen LogP contribution in [-0.4, -0.2) is 32.5 Å². The van der Waals surface area contributed by atoms with Gasteiger partial charge in [-0.15, -0.1) is 24.0 Å². The van der Waals surface area contributed by atoms with E-state index < -0.39 is 5.41 Å². The number of hydrogen-bond acceptors (Lipinski definition) is 2. The van der Waals surface area contributed by atoms with E-state index in [9.17, 15) is 4.79 Å². The number of nitrogens with zero attached hydrogens (tertiary/aromatic N) is 1. The zero-order chi connectivity index (χ0) is 16.8. The number of benzene rings is 1. The molecule has 0 aliphatic heterocycles. The Morgan fingerprint density at radius 3 is 2.35 bits per heavy atom. The summed E-state index contributed by atoms with van der Waals surface area (Å²) in [6.45, 7) is 6.29. The highest BCUT2D eigenvalue weighted by Crippen LogP contribution is 2.16. The molecule has 1 amide bonds. The second kappa shape index (κ2) is 9.97. The van der Waals surface area contributed by atoms with Crippen LogP contribution in [0, 0.1) is 5.41 Å². The molecule has 1 unspecified atom stereocenters. The number of aliphatic imine (C=N–C) groups is 1. The second-order valence-electron chi connectivity index (χ2n) is 5.81. The Balaban J connectivity index is 0.00000484. The molecular formula is C16H26ClIN4O. The molecule has 0 radical (unpaired) electrons. The van der Waals surface area contributed by atoms with Crippen LogP contribution in [0.3, 0.4) is 0 Å². The van der Waals surface area contributed by atoms with Gasteiger partial charge in [0, 0.05) is 25.7 Å². The standard InChI is InChI=1S/C16H25ClN4O.HI/c1-11(12-6-8-13(17)9-7-12)21-15(19-5)20-10-16(2,3)14(22)18-4;/h6-9,11H,10H2,1-5H3,(H,18,22)(H2,19,20,21);1H. The second-order valence-corrected chi connectivity index (χ2v) is 6.24. The number of carbonyl (C=O) groups excluding carboxylic acids is 1. The first-order valence-corrected chi connectivity index (χ1v) is 7.63. The number of guanidine groups is 1. The predicted octanol–water partition coefficient (Wildman–Crippen LogP) is 2.96. The first-order chi connectivity index (χ1) is 10.3. The molecule has 1 atom stereocenters. The molecule has 0 saturated heterocycles. The van der Waals surface area contributed by atoms with Crippen molar-refractivity contribution in [3.05, 3.63) is 34.9 Å². The fraction of sp³-hybridized carbons (Fsp3) is 0.500. The molecule has 0 fully saturated rings. The molecule has 1 aromatic rings. The number of nitrogens with one attached hydrogen (secondary N) is 3. The van der Waals surface area contributed by atoms with Crippen molar-refractivity contribution in [3.8, 4) is 0 Å². The van der Waals surface area contributed by atoms with Crippen molar-refractivity contribution in [2.24, 2.45) is 10.4 Å². The van der Waals surface area contributed by atoms with Crippen molar-refractivity contribution in [2.75, 3.05) is 20.6 Å². The lowest BCUT2D eigenvalue weighted by Gasteiger charge is -2.25. The molecule has 0 aliphatic carbocycles. The van der Waals surface area contributed by atoms with Crippen molar-refractivity contribution in [1.29, 1.82) is 0 Å². The van der Waals surface area contributed by atoms with Gasteiger partial charge in [0.2, 0.25) is 5.91 Å². The molecule has 0 spiro atoms. The quantitative estimate of drug-likeness (QED) is 0.366. The zero-order valence-electron chi connectivity index (χ0n) is 14.2. The average Bonchev–Trinajstić information content (AvgIpc) is 2.50. The Labute approximate surface area is 160 Å². The van der Waals surface area contributed by atoms with Gasteiger partial charge in [0.1, 0.15) is 0 Å². The van der Waals surface area contributed by atoms with Gasteiger partial charge in [0.15, 0.2) is 5.96 Å². The van der Waals surface area contributed by atoms with Crippen LogP contribution in [0.25, 0.3) is 0 Å². The van der Waals surface area contributed by atoms with E-state index in [0.29, 0.717) is 17.5 Å². The predicted molar refractivity (Wildman–Crippen MR) is 108 cm³/mol. The number of carbonyl (C=O) groups is 1. The number of rotatable bonds is 5. The van der Waals surface area contributed by atoms with Gasteiger partial charge in [-0.1, -0.05) is 23.7 Å². The molecule has 0 aromatic heterocycles. The van der Waals surface area contributed by atoms with E-state index in [2.05, 4.69) is 20.9 Å². The molecule has 0 bridgehead atoms.